The Labute approximate surface area is 209 Å². The molecule has 3 aromatic carbocycles. The van der Waals surface area contributed by atoms with Crippen LogP contribution < -0.4 is 4.74 Å². The third-order valence-electron chi connectivity index (χ3n) is 5.58. The third kappa shape index (κ3) is 6.15. The van der Waals surface area contributed by atoms with Gasteiger partial charge in [0, 0.05) is 17.2 Å². The minimum absolute atomic E-state index is 0.401. The van der Waals surface area contributed by atoms with Crippen molar-refractivity contribution in [2.45, 2.75) is 25.9 Å². The summed E-state index contributed by atoms with van der Waals surface area (Å²) < 4.78 is 16.8. The highest BCUT2D eigenvalue weighted by atomic mass is 35.5. The molecule has 4 aromatic rings. The number of para-hydroxylation sites is 1. The first-order chi connectivity index (χ1) is 17.1. The molecular formula is C28H27ClN2O4. The number of carbonyl (C=O) groups excluding carboxylic acids is 1. The van der Waals surface area contributed by atoms with Gasteiger partial charge in [0.1, 0.15) is 0 Å². The zero-order chi connectivity index (χ0) is 24.6. The molecule has 0 aliphatic rings. The second kappa shape index (κ2) is 11.8. The van der Waals surface area contributed by atoms with Gasteiger partial charge in [0.25, 0.3) is 0 Å². The lowest BCUT2D eigenvalue weighted by molar-refractivity contribution is -0.154. The number of unbranched alkanes of at least 4 members (excludes halogenated alkanes) is 1. The Morgan fingerprint density at radius 2 is 1.69 bits per heavy atom. The quantitative estimate of drug-likeness (QED) is 0.190. The Kier molecular flexibility index (Phi) is 8.29. The Hall–Kier alpha value is -3.48. The van der Waals surface area contributed by atoms with Crippen LogP contribution >= 0.6 is 11.6 Å². The fraction of sp³-hybridized carbons (Fsp3) is 0.250. The van der Waals surface area contributed by atoms with Gasteiger partial charge in [-0.05, 0) is 61.2 Å². The molecule has 1 unspecified atom stereocenters. The summed E-state index contributed by atoms with van der Waals surface area (Å²) in [6.07, 6.45) is 0.709. The molecule has 7 heteroatoms. The minimum Gasteiger partial charge on any atom is -0.477 e. The number of hydrogen-bond donors (Lipinski definition) is 0. The monoisotopic (exact) mass is 490 g/mol. The summed E-state index contributed by atoms with van der Waals surface area (Å²) in [5.41, 5.74) is 3.49. The average molecular weight is 491 g/mol. The number of nitrogens with zero attached hydrogens (tertiary/aromatic N) is 2. The molecule has 0 aliphatic heterocycles. The molecule has 1 atom stereocenters. The highest BCUT2D eigenvalue weighted by Gasteiger charge is 2.21. The molecule has 0 spiro atoms. The number of rotatable bonds is 10. The first-order valence-electron chi connectivity index (χ1n) is 11.5. The molecule has 4 rings (SSSR count). The molecule has 180 valence electrons. The van der Waals surface area contributed by atoms with Crippen LogP contribution in [0, 0.1) is 6.92 Å². The molecule has 0 bridgehead atoms. The number of hydrogen-bond acceptors (Lipinski definition) is 6. The fourth-order valence-electron chi connectivity index (χ4n) is 3.77. The van der Waals surface area contributed by atoms with Gasteiger partial charge in [-0.1, -0.05) is 54.1 Å². The Morgan fingerprint density at radius 3 is 2.46 bits per heavy atom. The van der Waals surface area contributed by atoms with Crippen molar-refractivity contribution in [3.63, 3.8) is 0 Å². The topological polar surface area (TPSA) is 70.5 Å². The standard InChI is InChI=1S/C28H27ClN2O4/c1-19-18-21(29)14-15-22(19)26-30-24-13-7-6-12-23(24)27(31-26)35-17-9-8-16-34-25(28(32)33-2)20-10-4-3-5-11-20/h3-7,10-15,18,25H,8-9,16-17H2,1-2H3. The van der Waals surface area contributed by atoms with Crippen LogP contribution in [0.4, 0.5) is 0 Å². The molecule has 0 saturated carbocycles. The smallest absolute Gasteiger partial charge is 0.339 e. The highest BCUT2D eigenvalue weighted by Crippen LogP contribution is 2.29. The molecule has 0 amide bonds. The Balaban J connectivity index is 1.40. The normalized spacial score (nSPS) is 11.9. The van der Waals surface area contributed by atoms with Gasteiger partial charge in [-0.2, -0.15) is 4.98 Å². The van der Waals surface area contributed by atoms with Gasteiger partial charge in [0.15, 0.2) is 11.9 Å². The van der Waals surface area contributed by atoms with Crippen molar-refractivity contribution in [2.75, 3.05) is 20.3 Å². The second-order valence-corrected chi connectivity index (χ2v) is 8.51. The van der Waals surface area contributed by atoms with E-state index in [1.807, 2.05) is 79.7 Å². The zero-order valence-electron chi connectivity index (χ0n) is 19.7. The summed E-state index contributed by atoms with van der Waals surface area (Å²) in [7, 11) is 1.36. The fourth-order valence-corrected chi connectivity index (χ4v) is 3.99. The molecule has 1 heterocycles. The molecule has 0 fully saturated rings. The molecule has 0 radical (unpaired) electrons. The highest BCUT2D eigenvalue weighted by molar-refractivity contribution is 6.30. The third-order valence-corrected chi connectivity index (χ3v) is 5.81. The van der Waals surface area contributed by atoms with Gasteiger partial charge in [0.2, 0.25) is 5.88 Å². The van der Waals surface area contributed by atoms with Gasteiger partial charge < -0.3 is 14.2 Å². The van der Waals surface area contributed by atoms with Gasteiger partial charge in [0.05, 0.1) is 24.6 Å². The number of esters is 1. The van der Waals surface area contributed by atoms with E-state index >= 15 is 0 Å². The van der Waals surface area contributed by atoms with Gasteiger partial charge >= 0.3 is 5.97 Å². The average Bonchev–Trinajstić information content (AvgIpc) is 2.88. The van der Waals surface area contributed by atoms with Gasteiger partial charge in [-0.3, -0.25) is 0 Å². The summed E-state index contributed by atoms with van der Waals surface area (Å²) in [6.45, 7) is 2.84. The van der Waals surface area contributed by atoms with Crippen LogP contribution in [0.2, 0.25) is 5.02 Å². The van der Waals surface area contributed by atoms with E-state index in [9.17, 15) is 4.79 Å². The molecule has 0 aliphatic carbocycles. The predicted molar refractivity (Wildman–Crippen MR) is 137 cm³/mol. The summed E-state index contributed by atoms with van der Waals surface area (Å²) in [5.74, 6) is 0.725. The molecule has 0 N–H and O–H groups in total. The first-order valence-corrected chi connectivity index (χ1v) is 11.8. The summed E-state index contributed by atoms with van der Waals surface area (Å²) in [4.78, 5) is 21.6. The van der Waals surface area contributed by atoms with Crippen LogP contribution in [0.25, 0.3) is 22.3 Å². The molecule has 1 aromatic heterocycles. The summed E-state index contributed by atoms with van der Waals surface area (Å²) in [6, 6.07) is 22.8. The van der Waals surface area contributed by atoms with E-state index in [1.54, 1.807) is 0 Å². The lowest BCUT2D eigenvalue weighted by Crippen LogP contribution is -2.18. The SMILES string of the molecule is COC(=O)C(OCCCCOc1nc(-c2ccc(Cl)cc2C)nc2ccccc12)c1ccccc1. The molecule has 0 saturated heterocycles. The maximum Gasteiger partial charge on any atom is 0.339 e. The van der Waals surface area contributed by atoms with Crippen LogP contribution in [0.1, 0.15) is 30.1 Å². The van der Waals surface area contributed by atoms with Gasteiger partial charge in [-0.15, -0.1) is 0 Å². The lowest BCUT2D eigenvalue weighted by Gasteiger charge is -2.16. The van der Waals surface area contributed by atoms with Crippen molar-refractivity contribution in [3.8, 4) is 17.3 Å². The molecular weight excluding hydrogens is 464 g/mol. The van der Waals surface area contributed by atoms with Crippen molar-refractivity contribution >= 4 is 28.5 Å². The number of benzene rings is 3. The van der Waals surface area contributed by atoms with Crippen LogP contribution in [0.5, 0.6) is 5.88 Å². The van der Waals surface area contributed by atoms with E-state index < -0.39 is 12.1 Å². The van der Waals surface area contributed by atoms with Crippen LogP contribution in [0.3, 0.4) is 0 Å². The van der Waals surface area contributed by atoms with E-state index in [-0.39, 0.29) is 0 Å². The number of halogens is 1. The van der Waals surface area contributed by atoms with Crippen LogP contribution in [0.15, 0.2) is 72.8 Å². The predicted octanol–water partition coefficient (Wildman–Crippen LogP) is 6.35. The molecule has 6 nitrogen and oxygen atoms in total. The van der Waals surface area contributed by atoms with Crippen LogP contribution in [-0.2, 0) is 14.3 Å². The largest absolute Gasteiger partial charge is 0.477 e. The van der Waals surface area contributed by atoms with Gasteiger partial charge in [-0.25, -0.2) is 9.78 Å². The van der Waals surface area contributed by atoms with Crippen molar-refractivity contribution in [1.82, 2.24) is 9.97 Å². The van der Waals surface area contributed by atoms with E-state index in [4.69, 9.17) is 35.8 Å². The van der Waals surface area contributed by atoms with Crippen molar-refractivity contribution < 1.29 is 19.0 Å². The van der Waals surface area contributed by atoms with E-state index in [2.05, 4.69) is 0 Å². The number of fused-ring (bicyclic) bond motifs is 1. The van der Waals surface area contributed by atoms with Crippen molar-refractivity contribution in [1.29, 1.82) is 0 Å². The zero-order valence-corrected chi connectivity index (χ0v) is 20.5. The number of aromatic nitrogens is 2. The van der Waals surface area contributed by atoms with E-state index in [0.29, 0.717) is 36.4 Å². The number of methoxy groups -OCH3 is 1. The summed E-state index contributed by atoms with van der Waals surface area (Å²) >= 11 is 6.12. The lowest BCUT2D eigenvalue weighted by atomic mass is 10.1. The summed E-state index contributed by atoms with van der Waals surface area (Å²) in [5, 5.41) is 1.53. The number of aryl methyl sites for hydroxylation is 1. The first kappa shape index (κ1) is 24.6. The maximum absolute atomic E-state index is 12.1. The molecule has 35 heavy (non-hydrogen) atoms. The Bertz CT molecular complexity index is 1300. The van der Waals surface area contributed by atoms with Crippen molar-refractivity contribution in [3.05, 3.63) is 88.9 Å². The van der Waals surface area contributed by atoms with E-state index in [0.717, 1.165) is 34.0 Å². The number of ether oxygens (including phenoxy) is 3. The van der Waals surface area contributed by atoms with Crippen molar-refractivity contribution in [2.24, 2.45) is 0 Å². The minimum atomic E-state index is -0.738. The second-order valence-electron chi connectivity index (χ2n) is 8.07. The number of carbonyl (C=O) groups is 1. The Morgan fingerprint density at radius 1 is 0.943 bits per heavy atom. The van der Waals surface area contributed by atoms with E-state index in [1.165, 1.54) is 7.11 Å². The maximum atomic E-state index is 12.1. The van der Waals surface area contributed by atoms with Crippen LogP contribution in [-0.4, -0.2) is 36.3 Å².